The molecule has 0 saturated carbocycles. The Hall–Kier alpha value is -3.19. The van der Waals surface area contributed by atoms with E-state index in [9.17, 15) is 15.0 Å². The number of aliphatic hydroxyl groups is 1. The summed E-state index contributed by atoms with van der Waals surface area (Å²) in [4.78, 5) is 17.3. The molecule has 2 N–H and O–H groups in total. The summed E-state index contributed by atoms with van der Waals surface area (Å²) in [6.07, 6.45) is 1.58. The first-order chi connectivity index (χ1) is 13.9. The number of hydrogen-bond donors (Lipinski definition) is 2. The highest BCUT2D eigenvalue weighted by Gasteiger charge is 2.33. The molecule has 1 aliphatic heterocycles. The van der Waals surface area contributed by atoms with Crippen molar-refractivity contribution >= 4 is 34.5 Å². The van der Waals surface area contributed by atoms with Gasteiger partial charge in [-0.25, -0.2) is 9.79 Å². The van der Waals surface area contributed by atoms with Crippen molar-refractivity contribution < 1.29 is 24.5 Å². The molecule has 6 nitrogen and oxygen atoms in total. The Morgan fingerprint density at radius 3 is 2.55 bits per heavy atom. The molecule has 0 amide bonds. The minimum atomic E-state index is -0.651. The number of benzene rings is 2. The Morgan fingerprint density at radius 2 is 1.90 bits per heavy atom. The number of carbonyl (C=O) groups excluding carboxylic acids is 1. The van der Waals surface area contributed by atoms with Crippen molar-refractivity contribution in [3.63, 3.8) is 0 Å². The molecule has 0 saturated heterocycles. The largest absolute Gasteiger partial charge is 0.506 e. The summed E-state index contributed by atoms with van der Waals surface area (Å²) < 4.78 is 10.2. The van der Waals surface area contributed by atoms with Crippen LogP contribution < -0.4 is 4.74 Å². The van der Waals surface area contributed by atoms with Crippen molar-refractivity contribution in [1.82, 2.24) is 0 Å². The lowest BCUT2D eigenvalue weighted by Gasteiger charge is -2.06. The van der Waals surface area contributed by atoms with Crippen LogP contribution in [0.2, 0.25) is 0 Å². The number of phenolic OH excluding ortho intramolecular Hbond substituents is 1. The Labute approximate surface area is 173 Å². The van der Waals surface area contributed by atoms with Gasteiger partial charge in [-0.1, -0.05) is 41.6 Å². The average molecular weight is 411 g/mol. The number of esters is 1. The minimum absolute atomic E-state index is 0.00561. The van der Waals surface area contributed by atoms with Gasteiger partial charge in [0.25, 0.3) is 0 Å². The van der Waals surface area contributed by atoms with E-state index >= 15 is 0 Å². The molecule has 7 heteroatoms. The van der Waals surface area contributed by atoms with Crippen LogP contribution in [-0.4, -0.2) is 34.9 Å². The number of carbonyl (C=O) groups is 1. The number of ether oxygens (including phenoxy) is 2. The van der Waals surface area contributed by atoms with Crippen LogP contribution in [0.3, 0.4) is 0 Å². The number of aromatic hydroxyl groups is 1. The summed E-state index contributed by atoms with van der Waals surface area (Å²) in [6, 6.07) is 12.5. The third kappa shape index (κ3) is 4.46. The van der Waals surface area contributed by atoms with Crippen molar-refractivity contribution in [2.75, 3.05) is 13.7 Å². The lowest BCUT2D eigenvalue weighted by molar-refractivity contribution is -0.138. The fourth-order valence-electron chi connectivity index (χ4n) is 2.69. The van der Waals surface area contributed by atoms with Gasteiger partial charge in [-0.2, -0.15) is 0 Å². The molecule has 2 aromatic rings. The van der Waals surface area contributed by atoms with Gasteiger partial charge in [0.2, 0.25) is 0 Å². The van der Waals surface area contributed by atoms with E-state index in [0.29, 0.717) is 26.9 Å². The van der Waals surface area contributed by atoms with Crippen molar-refractivity contribution in [1.29, 1.82) is 0 Å². The third-order valence-corrected chi connectivity index (χ3v) is 5.19. The lowest BCUT2D eigenvalue weighted by Crippen LogP contribution is -2.12. The zero-order chi connectivity index (χ0) is 21.0. The number of thioether (sulfide) groups is 1. The first-order valence-electron chi connectivity index (χ1n) is 8.96. The number of nitrogens with zero attached hydrogens (tertiary/aromatic N) is 1. The van der Waals surface area contributed by atoms with Crippen LogP contribution in [-0.2, 0) is 9.53 Å². The molecule has 0 fully saturated rings. The van der Waals surface area contributed by atoms with Gasteiger partial charge in [0.1, 0.15) is 16.4 Å². The van der Waals surface area contributed by atoms with E-state index < -0.39 is 5.97 Å². The fourth-order valence-corrected chi connectivity index (χ4v) is 3.72. The molecule has 1 heterocycles. The molecule has 0 bridgehead atoms. The van der Waals surface area contributed by atoms with Crippen LogP contribution in [0.5, 0.6) is 11.5 Å². The van der Waals surface area contributed by atoms with Crippen LogP contribution >= 0.6 is 11.8 Å². The zero-order valence-corrected chi connectivity index (χ0v) is 17.1. The number of methoxy groups -OCH3 is 1. The molecule has 29 heavy (non-hydrogen) atoms. The number of aryl methyl sites for hydroxylation is 1. The minimum Gasteiger partial charge on any atom is -0.506 e. The van der Waals surface area contributed by atoms with E-state index in [-0.39, 0.29) is 23.7 Å². The number of rotatable bonds is 5. The molecular weight excluding hydrogens is 390 g/mol. The number of para-hydroxylation sites is 1. The Bertz CT molecular complexity index is 1020. The molecule has 0 spiro atoms. The van der Waals surface area contributed by atoms with E-state index in [1.165, 1.54) is 7.11 Å². The molecular formula is C22H21NO5S. The Kier molecular flexibility index (Phi) is 6.29. The molecule has 1 aliphatic rings. The smallest absolute Gasteiger partial charge is 0.344 e. The second kappa shape index (κ2) is 8.87. The SMILES string of the molecule is CCOC(=O)C1=C(O)/C(=C\c2cccc(OC)c2O)SC1=Nc1ccc(C)cc1. The summed E-state index contributed by atoms with van der Waals surface area (Å²) in [6.45, 7) is 3.84. The van der Waals surface area contributed by atoms with E-state index in [1.807, 2.05) is 31.2 Å². The molecule has 0 aliphatic carbocycles. The van der Waals surface area contributed by atoms with Gasteiger partial charge in [0, 0.05) is 5.56 Å². The molecule has 0 unspecified atom stereocenters. The summed E-state index contributed by atoms with van der Waals surface area (Å²) in [5, 5.41) is 21.4. The number of aliphatic hydroxyl groups excluding tert-OH is 1. The van der Waals surface area contributed by atoms with E-state index in [0.717, 1.165) is 17.3 Å². The van der Waals surface area contributed by atoms with Gasteiger partial charge >= 0.3 is 5.97 Å². The van der Waals surface area contributed by atoms with Gasteiger partial charge in [-0.15, -0.1) is 0 Å². The van der Waals surface area contributed by atoms with E-state index in [4.69, 9.17) is 9.47 Å². The fraction of sp³-hybridized carbons (Fsp3) is 0.182. The number of phenols is 1. The van der Waals surface area contributed by atoms with Gasteiger partial charge in [0.05, 0.1) is 24.3 Å². The maximum absolute atomic E-state index is 12.4. The maximum atomic E-state index is 12.4. The van der Waals surface area contributed by atoms with Crippen molar-refractivity contribution in [2.24, 2.45) is 4.99 Å². The first-order valence-corrected chi connectivity index (χ1v) is 9.78. The molecule has 2 aromatic carbocycles. The summed E-state index contributed by atoms with van der Waals surface area (Å²) in [5.74, 6) is -0.634. The van der Waals surface area contributed by atoms with Crippen LogP contribution in [0.1, 0.15) is 18.1 Å². The van der Waals surface area contributed by atoms with Gasteiger partial charge < -0.3 is 19.7 Å². The van der Waals surface area contributed by atoms with Gasteiger partial charge in [-0.3, -0.25) is 0 Å². The van der Waals surface area contributed by atoms with Crippen molar-refractivity contribution in [3.8, 4) is 11.5 Å². The van der Waals surface area contributed by atoms with Crippen LogP contribution in [0.15, 0.2) is 63.7 Å². The highest BCUT2D eigenvalue weighted by Crippen LogP contribution is 2.42. The normalized spacial score (nSPS) is 16.5. The van der Waals surface area contributed by atoms with E-state index in [2.05, 4.69) is 4.99 Å². The summed E-state index contributed by atoms with van der Waals surface area (Å²) in [7, 11) is 1.46. The highest BCUT2D eigenvalue weighted by molar-refractivity contribution is 8.18. The van der Waals surface area contributed by atoms with E-state index in [1.54, 1.807) is 31.2 Å². The summed E-state index contributed by atoms with van der Waals surface area (Å²) in [5.41, 5.74) is 2.19. The number of hydrogen-bond acceptors (Lipinski definition) is 7. The molecule has 0 atom stereocenters. The van der Waals surface area contributed by atoms with Crippen molar-refractivity contribution in [2.45, 2.75) is 13.8 Å². The van der Waals surface area contributed by atoms with Gasteiger partial charge in [0.15, 0.2) is 11.5 Å². The van der Waals surface area contributed by atoms with Crippen LogP contribution in [0.4, 0.5) is 5.69 Å². The van der Waals surface area contributed by atoms with Crippen LogP contribution in [0, 0.1) is 6.92 Å². The number of aliphatic imine (C=N–C) groups is 1. The lowest BCUT2D eigenvalue weighted by atomic mass is 10.1. The van der Waals surface area contributed by atoms with Gasteiger partial charge in [-0.05, 0) is 38.1 Å². The molecule has 3 rings (SSSR count). The molecule has 0 aromatic heterocycles. The second-order valence-electron chi connectivity index (χ2n) is 6.21. The average Bonchev–Trinajstić information content (AvgIpc) is 3.00. The first kappa shape index (κ1) is 20.5. The predicted molar refractivity (Wildman–Crippen MR) is 115 cm³/mol. The quantitative estimate of drug-likeness (QED) is 0.680. The standard InChI is InChI=1S/C22H21NO5S/c1-4-28-22(26)18-20(25)17(12-14-6-5-7-16(27-3)19(14)24)29-21(18)23-15-10-8-13(2)9-11-15/h5-12,24-25H,4H2,1-3H3/b17-12+,23-21?. The topological polar surface area (TPSA) is 88.4 Å². The molecule has 0 radical (unpaired) electrons. The molecule has 150 valence electrons. The van der Waals surface area contributed by atoms with Crippen molar-refractivity contribution in [3.05, 3.63) is 69.8 Å². The predicted octanol–water partition coefficient (Wildman–Crippen LogP) is 4.90. The Balaban J connectivity index is 2.06. The second-order valence-corrected chi connectivity index (χ2v) is 7.24. The maximum Gasteiger partial charge on any atom is 0.344 e. The third-order valence-electron chi connectivity index (χ3n) is 4.17. The Morgan fingerprint density at radius 1 is 1.17 bits per heavy atom. The van der Waals surface area contributed by atoms with Crippen LogP contribution in [0.25, 0.3) is 6.08 Å². The monoisotopic (exact) mass is 411 g/mol. The summed E-state index contributed by atoms with van der Waals surface area (Å²) >= 11 is 1.13. The highest BCUT2D eigenvalue weighted by atomic mass is 32.2. The zero-order valence-electron chi connectivity index (χ0n) is 16.3.